The summed E-state index contributed by atoms with van der Waals surface area (Å²) >= 11 is 0. The van der Waals surface area contributed by atoms with Crippen LogP contribution in [0.1, 0.15) is 20.3 Å². The molecule has 1 N–H and O–H groups in total. The number of rotatable bonds is 0. The largest absolute Gasteiger partial charge is 0.508 e. The van der Waals surface area contributed by atoms with Gasteiger partial charge >= 0.3 is 0 Å². The molecule has 78 valence electrons. The van der Waals surface area contributed by atoms with Crippen molar-refractivity contribution in [3.63, 3.8) is 0 Å². The Balaban J connectivity index is 0.000000245. The summed E-state index contributed by atoms with van der Waals surface area (Å²) in [6.45, 7) is 4.22. The molecule has 0 saturated heterocycles. The van der Waals surface area contributed by atoms with Crippen LogP contribution in [0.2, 0.25) is 0 Å². The first-order valence-electron chi connectivity index (χ1n) is 4.68. The van der Waals surface area contributed by atoms with E-state index < -0.39 is 0 Å². The number of hydrogen-bond donors (Lipinski definition) is 1. The first-order valence-corrected chi connectivity index (χ1v) is 4.68. The Kier molecular flexibility index (Phi) is 7.33. The number of allylic oxidation sites excluding steroid dienone is 4. The number of aromatic hydroxyl groups is 1. The van der Waals surface area contributed by atoms with Crippen molar-refractivity contribution in [2.24, 2.45) is 0 Å². The predicted octanol–water partition coefficient (Wildman–Crippen LogP) is 3.48. The van der Waals surface area contributed by atoms with Crippen LogP contribution in [0, 0.1) is 6.08 Å². The number of benzene rings is 1. The summed E-state index contributed by atoms with van der Waals surface area (Å²) in [5, 5.41) is 8.63. The predicted molar refractivity (Wildman–Crippen MR) is 58.9 cm³/mol. The molecule has 0 bridgehead atoms. The van der Waals surface area contributed by atoms with E-state index in [2.05, 4.69) is 26.0 Å². The number of phenolic OH excluding ortho intramolecular Hbond substituents is 1. The van der Waals surface area contributed by atoms with E-state index in [9.17, 15) is 0 Å². The van der Waals surface area contributed by atoms with Crippen molar-refractivity contribution < 1.29 is 31.3 Å². The van der Waals surface area contributed by atoms with Gasteiger partial charge in [0.2, 0.25) is 0 Å². The zero-order chi connectivity index (χ0) is 10.4. The maximum absolute atomic E-state index is 8.63. The van der Waals surface area contributed by atoms with Gasteiger partial charge in [-0.15, -0.1) is 13.3 Å². The Hall–Kier alpha value is -0.617. The molecule has 2 rings (SSSR count). The van der Waals surface area contributed by atoms with Crippen molar-refractivity contribution in [1.82, 2.24) is 0 Å². The maximum Gasteiger partial charge on any atom is 0.115 e. The van der Waals surface area contributed by atoms with E-state index in [1.54, 1.807) is 24.3 Å². The molecule has 0 aliphatic heterocycles. The number of phenols is 1. The van der Waals surface area contributed by atoms with E-state index >= 15 is 0 Å². The topological polar surface area (TPSA) is 20.2 Å². The first kappa shape index (κ1) is 14.4. The second-order valence-corrected chi connectivity index (χ2v) is 3.23. The molecule has 1 aromatic carbocycles. The van der Waals surface area contributed by atoms with Gasteiger partial charge in [-0.05, 0) is 12.1 Å². The normalized spacial score (nSPS) is 12.9. The van der Waals surface area contributed by atoms with Gasteiger partial charge in [-0.25, -0.2) is 11.1 Å². The van der Waals surface area contributed by atoms with E-state index in [1.807, 2.05) is 6.07 Å². The van der Waals surface area contributed by atoms with Gasteiger partial charge in [-0.2, -0.15) is 6.08 Å². The van der Waals surface area contributed by atoms with E-state index in [4.69, 9.17) is 5.11 Å². The second-order valence-electron chi connectivity index (χ2n) is 3.23. The first-order chi connectivity index (χ1) is 6.70. The fourth-order valence-electron chi connectivity index (χ4n) is 1.08. The summed E-state index contributed by atoms with van der Waals surface area (Å²) in [6, 6.07) is 8.71. The SMILES string of the molecule is CC1=[C-]CC=C1C.Oc1ccccc1.[Zr]. The summed E-state index contributed by atoms with van der Waals surface area (Å²) in [7, 11) is 0. The molecule has 0 radical (unpaired) electrons. The van der Waals surface area contributed by atoms with Crippen molar-refractivity contribution >= 4 is 0 Å². The van der Waals surface area contributed by atoms with E-state index in [-0.39, 0.29) is 26.2 Å². The molecule has 0 atom stereocenters. The second kappa shape index (κ2) is 7.65. The molecule has 0 heterocycles. The van der Waals surface area contributed by atoms with Crippen LogP contribution in [-0.4, -0.2) is 5.11 Å². The summed E-state index contributed by atoms with van der Waals surface area (Å²) in [4.78, 5) is 0. The molecule has 15 heavy (non-hydrogen) atoms. The molecule has 0 amide bonds. The summed E-state index contributed by atoms with van der Waals surface area (Å²) in [5.74, 6) is 0.322. The van der Waals surface area contributed by atoms with Crippen molar-refractivity contribution in [2.45, 2.75) is 20.3 Å². The van der Waals surface area contributed by atoms with E-state index in [0.29, 0.717) is 5.75 Å². The van der Waals surface area contributed by atoms with Gasteiger partial charge in [0, 0.05) is 26.2 Å². The van der Waals surface area contributed by atoms with E-state index in [0.717, 1.165) is 6.42 Å². The minimum Gasteiger partial charge on any atom is -0.508 e. The van der Waals surface area contributed by atoms with Crippen LogP contribution in [0.4, 0.5) is 0 Å². The van der Waals surface area contributed by atoms with Crippen LogP contribution in [-0.2, 0) is 26.2 Å². The monoisotopic (exact) mass is 277 g/mol. The van der Waals surface area contributed by atoms with E-state index in [1.165, 1.54) is 11.1 Å². The van der Waals surface area contributed by atoms with Crippen LogP contribution in [0.5, 0.6) is 5.75 Å². The van der Waals surface area contributed by atoms with Crippen LogP contribution in [0.3, 0.4) is 0 Å². The van der Waals surface area contributed by atoms with Gasteiger partial charge < -0.3 is 5.11 Å². The molecule has 0 spiro atoms. The third-order valence-electron chi connectivity index (χ3n) is 2.12. The van der Waals surface area contributed by atoms with Crippen LogP contribution in [0.15, 0.2) is 47.6 Å². The van der Waals surface area contributed by atoms with Crippen molar-refractivity contribution in [3.8, 4) is 5.75 Å². The minimum absolute atomic E-state index is 0. The summed E-state index contributed by atoms with van der Waals surface area (Å²) in [6.07, 6.45) is 6.41. The third-order valence-corrected chi connectivity index (χ3v) is 2.12. The Bertz CT molecular complexity index is 323. The zero-order valence-corrected chi connectivity index (χ0v) is 11.6. The fourth-order valence-corrected chi connectivity index (χ4v) is 1.08. The number of hydrogen-bond acceptors (Lipinski definition) is 1. The molecule has 0 saturated carbocycles. The third kappa shape index (κ3) is 5.74. The quantitative estimate of drug-likeness (QED) is 0.720. The molecule has 1 aliphatic carbocycles. The van der Waals surface area contributed by atoms with Crippen LogP contribution < -0.4 is 0 Å². The molecule has 1 nitrogen and oxygen atoms in total. The standard InChI is InChI=1S/C7H9.C6H6O.Zr/c1-6-4-3-5-7(6)2;7-6-4-2-1-3-5-6;/h4H,3H2,1-2H3;1-5,7H;/q-1;;. The smallest absolute Gasteiger partial charge is 0.115 e. The van der Waals surface area contributed by atoms with Gasteiger partial charge in [0.25, 0.3) is 0 Å². The Morgan fingerprint density at radius 3 is 1.93 bits per heavy atom. The van der Waals surface area contributed by atoms with Gasteiger partial charge in [0.05, 0.1) is 0 Å². The minimum atomic E-state index is 0. The Labute approximate surface area is 111 Å². The van der Waals surface area contributed by atoms with Crippen LogP contribution in [0.25, 0.3) is 0 Å². The van der Waals surface area contributed by atoms with Crippen molar-refractivity contribution in [2.75, 3.05) is 0 Å². The van der Waals surface area contributed by atoms with Crippen molar-refractivity contribution in [1.29, 1.82) is 0 Å². The maximum atomic E-state index is 8.63. The average Bonchev–Trinajstić information content (AvgIpc) is 2.53. The average molecular weight is 278 g/mol. The summed E-state index contributed by atoms with van der Waals surface area (Å²) < 4.78 is 0. The van der Waals surface area contributed by atoms with Gasteiger partial charge in [-0.3, -0.25) is 6.08 Å². The number of para-hydroxylation sites is 1. The Morgan fingerprint density at radius 1 is 1.13 bits per heavy atom. The molecular formula is C13H15OZr-. The molecule has 1 aromatic rings. The molecular weight excluding hydrogens is 263 g/mol. The fraction of sp³-hybridized carbons (Fsp3) is 0.231. The van der Waals surface area contributed by atoms with Gasteiger partial charge in [0.15, 0.2) is 0 Å². The zero-order valence-electron chi connectivity index (χ0n) is 9.12. The molecule has 1 aliphatic rings. The molecule has 2 heteroatoms. The Morgan fingerprint density at radius 2 is 1.73 bits per heavy atom. The van der Waals surface area contributed by atoms with Crippen molar-refractivity contribution in [3.05, 3.63) is 53.6 Å². The van der Waals surface area contributed by atoms with Gasteiger partial charge in [-0.1, -0.05) is 25.1 Å². The molecule has 0 fully saturated rings. The van der Waals surface area contributed by atoms with Crippen LogP contribution >= 0.6 is 0 Å². The molecule has 0 unspecified atom stereocenters. The summed E-state index contributed by atoms with van der Waals surface area (Å²) in [5.41, 5.74) is 2.71. The van der Waals surface area contributed by atoms with Gasteiger partial charge in [0.1, 0.15) is 5.75 Å². The molecule has 0 aromatic heterocycles.